The fourth-order valence-corrected chi connectivity index (χ4v) is 3.22. The lowest BCUT2D eigenvalue weighted by Gasteiger charge is -2.32. The predicted molar refractivity (Wildman–Crippen MR) is 89.7 cm³/mol. The zero-order valence-corrected chi connectivity index (χ0v) is 13.8. The van der Waals surface area contributed by atoms with Crippen molar-refractivity contribution in [1.82, 2.24) is 4.90 Å². The monoisotopic (exact) mass is 290 g/mol. The fraction of sp³-hybridized carbons (Fsp3) is 0.667. The first kappa shape index (κ1) is 16.3. The number of nitrogens with one attached hydrogen (secondary N) is 1. The second kappa shape index (κ2) is 8.40. The minimum Gasteiger partial charge on any atom is -0.380 e. The van der Waals surface area contributed by atoms with Crippen molar-refractivity contribution in [3.05, 3.63) is 29.8 Å². The highest BCUT2D eigenvalue weighted by atomic mass is 16.5. The minimum absolute atomic E-state index is 0.352. The number of nitrogens with zero attached hydrogens (tertiary/aromatic N) is 1. The molecule has 0 aliphatic heterocycles. The van der Waals surface area contributed by atoms with Gasteiger partial charge in [-0.15, -0.1) is 0 Å². The molecule has 1 aliphatic rings. The van der Waals surface area contributed by atoms with Gasteiger partial charge in [0.1, 0.15) is 0 Å². The molecule has 1 aliphatic carbocycles. The smallest absolute Gasteiger partial charge is 0.0772 e. The van der Waals surface area contributed by atoms with Gasteiger partial charge in [-0.1, -0.05) is 38.8 Å². The van der Waals surface area contributed by atoms with E-state index in [0.29, 0.717) is 12.1 Å². The average molecular weight is 290 g/mol. The molecule has 0 bridgehead atoms. The third-order valence-electron chi connectivity index (χ3n) is 4.58. The molecule has 2 atom stereocenters. The molecule has 3 heteroatoms. The van der Waals surface area contributed by atoms with Gasteiger partial charge in [0, 0.05) is 19.3 Å². The van der Waals surface area contributed by atoms with Crippen LogP contribution in [0.15, 0.2) is 24.3 Å². The Kier molecular flexibility index (Phi) is 6.52. The number of hydrogen-bond acceptors (Lipinski definition) is 3. The standard InChI is InChI=1S/C18H30N2O/c1-4-20(5-2)14-15-9-8-10-16(13-15)19-17-11-6-7-12-18(17)21-3/h8-10,13,17-19H,4-7,11-12,14H2,1-3H3. The Morgan fingerprint density at radius 1 is 1.19 bits per heavy atom. The summed E-state index contributed by atoms with van der Waals surface area (Å²) in [5.41, 5.74) is 2.61. The Bertz CT molecular complexity index is 417. The molecule has 2 rings (SSSR count). The van der Waals surface area contributed by atoms with Crippen molar-refractivity contribution < 1.29 is 4.74 Å². The van der Waals surface area contributed by atoms with Gasteiger partial charge in [-0.2, -0.15) is 0 Å². The highest BCUT2D eigenvalue weighted by Gasteiger charge is 2.24. The van der Waals surface area contributed by atoms with Crippen molar-refractivity contribution in [3.8, 4) is 0 Å². The Labute approximate surface area is 129 Å². The maximum Gasteiger partial charge on any atom is 0.0772 e. The first-order valence-corrected chi connectivity index (χ1v) is 8.37. The summed E-state index contributed by atoms with van der Waals surface area (Å²) >= 11 is 0. The molecule has 2 unspecified atom stereocenters. The van der Waals surface area contributed by atoms with E-state index in [1.165, 1.54) is 36.9 Å². The van der Waals surface area contributed by atoms with E-state index < -0.39 is 0 Å². The van der Waals surface area contributed by atoms with Crippen molar-refractivity contribution in [2.75, 3.05) is 25.5 Å². The molecule has 1 saturated carbocycles. The summed E-state index contributed by atoms with van der Waals surface area (Å²) in [6, 6.07) is 9.30. The van der Waals surface area contributed by atoms with Gasteiger partial charge in [-0.05, 0) is 43.6 Å². The third kappa shape index (κ3) is 4.72. The van der Waals surface area contributed by atoms with Gasteiger partial charge in [-0.3, -0.25) is 4.90 Å². The van der Waals surface area contributed by atoms with E-state index in [9.17, 15) is 0 Å². The lowest BCUT2D eigenvalue weighted by atomic mass is 9.92. The van der Waals surface area contributed by atoms with Crippen molar-refractivity contribution in [1.29, 1.82) is 0 Å². The van der Waals surface area contributed by atoms with Crippen molar-refractivity contribution >= 4 is 5.69 Å². The highest BCUT2D eigenvalue weighted by Crippen LogP contribution is 2.24. The first-order chi connectivity index (χ1) is 10.3. The SMILES string of the molecule is CCN(CC)Cc1cccc(NC2CCCCC2OC)c1. The van der Waals surface area contributed by atoms with Crippen LogP contribution in [0.25, 0.3) is 0 Å². The number of methoxy groups -OCH3 is 1. The number of hydrogen-bond donors (Lipinski definition) is 1. The van der Waals surface area contributed by atoms with Crippen LogP contribution in [0.1, 0.15) is 45.1 Å². The Balaban J connectivity index is 1.99. The van der Waals surface area contributed by atoms with E-state index >= 15 is 0 Å². The molecule has 0 aromatic heterocycles. The largest absolute Gasteiger partial charge is 0.380 e. The Morgan fingerprint density at radius 2 is 1.95 bits per heavy atom. The fourth-order valence-electron chi connectivity index (χ4n) is 3.22. The van der Waals surface area contributed by atoms with Crippen LogP contribution in [-0.4, -0.2) is 37.2 Å². The van der Waals surface area contributed by atoms with Crippen LogP contribution in [-0.2, 0) is 11.3 Å². The third-order valence-corrected chi connectivity index (χ3v) is 4.58. The van der Waals surface area contributed by atoms with E-state index in [1.807, 2.05) is 7.11 Å². The molecule has 1 aromatic rings. The van der Waals surface area contributed by atoms with Crippen LogP contribution in [0, 0.1) is 0 Å². The summed E-state index contributed by atoms with van der Waals surface area (Å²) in [4.78, 5) is 2.44. The number of anilines is 1. The van der Waals surface area contributed by atoms with E-state index in [2.05, 4.69) is 48.3 Å². The zero-order valence-electron chi connectivity index (χ0n) is 13.8. The van der Waals surface area contributed by atoms with E-state index in [1.54, 1.807) is 0 Å². The van der Waals surface area contributed by atoms with Crippen molar-refractivity contribution in [2.45, 2.75) is 58.2 Å². The molecule has 0 amide bonds. The lowest BCUT2D eigenvalue weighted by molar-refractivity contribution is 0.0606. The summed E-state index contributed by atoms with van der Waals surface area (Å²) in [5.74, 6) is 0. The number of rotatable bonds is 7. The molecule has 118 valence electrons. The second-order valence-electron chi connectivity index (χ2n) is 5.97. The molecule has 1 aromatic carbocycles. The van der Waals surface area contributed by atoms with E-state index in [-0.39, 0.29) is 0 Å². The molecule has 0 radical (unpaired) electrons. The Hall–Kier alpha value is -1.06. The topological polar surface area (TPSA) is 24.5 Å². The van der Waals surface area contributed by atoms with Crippen molar-refractivity contribution in [3.63, 3.8) is 0 Å². The predicted octanol–water partition coefficient (Wildman–Crippen LogP) is 3.90. The molecular weight excluding hydrogens is 260 g/mol. The van der Waals surface area contributed by atoms with Gasteiger partial charge >= 0.3 is 0 Å². The normalized spacial score (nSPS) is 22.5. The minimum atomic E-state index is 0.352. The molecule has 21 heavy (non-hydrogen) atoms. The molecule has 3 nitrogen and oxygen atoms in total. The highest BCUT2D eigenvalue weighted by molar-refractivity contribution is 5.46. The molecule has 1 N–H and O–H groups in total. The molecule has 0 heterocycles. The second-order valence-corrected chi connectivity index (χ2v) is 5.97. The van der Waals surface area contributed by atoms with Gasteiger partial charge in [0.2, 0.25) is 0 Å². The van der Waals surface area contributed by atoms with Crippen LogP contribution >= 0.6 is 0 Å². The van der Waals surface area contributed by atoms with E-state index in [4.69, 9.17) is 4.74 Å². The van der Waals surface area contributed by atoms with Crippen LogP contribution < -0.4 is 5.32 Å². The van der Waals surface area contributed by atoms with Gasteiger partial charge in [0.15, 0.2) is 0 Å². The van der Waals surface area contributed by atoms with Gasteiger partial charge in [0.05, 0.1) is 12.1 Å². The average Bonchev–Trinajstić information content (AvgIpc) is 2.53. The van der Waals surface area contributed by atoms with Gasteiger partial charge in [-0.25, -0.2) is 0 Å². The van der Waals surface area contributed by atoms with Crippen LogP contribution in [0.2, 0.25) is 0 Å². The molecule has 0 saturated heterocycles. The van der Waals surface area contributed by atoms with Crippen LogP contribution in [0.3, 0.4) is 0 Å². The summed E-state index contributed by atoms with van der Waals surface area (Å²) in [5, 5.41) is 3.69. The number of ether oxygens (including phenoxy) is 1. The Morgan fingerprint density at radius 3 is 2.67 bits per heavy atom. The quantitative estimate of drug-likeness (QED) is 0.824. The van der Waals surface area contributed by atoms with Gasteiger partial charge < -0.3 is 10.1 Å². The van der Waals surface area contributed by atoms with Gasteiger partial charge in [0.25, 0.3) is 0 Å². The summed E-state index contributed by atoms with van der Waals surface area (Å²) in [6.45, 7) is 7.67. The molecule has 1 fully saturated rings. The summed E-state index contributed by atoms with van der Waals surface area (Å²) in [7, 11) is 1.83. The summed E-state index contributed by atoms with van der Waals surface area (Å²) < 4.78 is 5.63. The van der Waals surface area contributed by atoms with Crippen LogP contribution in [0.5, 0.6) is 0 Å². The summed E-state index contributed by atoms with van der Waals surface area (Å²) in [6.07, 6.45) is 5.33. The lowest BCUT2D eigenvalue weighted by Crippen LogP contribution is -2.37. The molecular formula is C18H30N2O. The molecule has 0 spiro atoms. The zero-order chi connectivity index (χ0) is 15.1. The van der Waals surface area contributed by atoms with Crippen molar-refractivity contribution in [2.24, 2.45) is 0 Å². The van der Waals surface area contributed by atoms with E-state index in [0.717, 1.165) is 19.6 Å². The van der Waals surface area contributed by atoms with Crippen LogP contribution in [0.4, 0.5) is 5.69 Å². The maximum absolute atomic E-state index is 5.63. The first-order valence-electron chi connectivity index (χ1n) is 8.37. The maximum atomic E-state index is 5.63. The number of benzene rings is 1.